The fraction of sp³-hybridized carbons (Fsp3) is 0.364. The van der Waals surface area contributed by atoms with E-state index in [1.807, 2.05) is 13.8 Å². The van der Waals surface area contributed by atoms with Gasteiger partial charge in [-0.25, -0.2) is 22.8 Å². The number of benzene rings is 1. The Morgan fingerprint density at radius 3 is 2.74 bits per heavy atom. The normalized spacial score (nSPS) is 14.4. The summed E-state index contributed by atoms with van der Waals surface area (Å²) in [6, 6.07) is 3.70. The maximum absolute atomic E-state index is 14.8. The summed E-state index contributed by atoms with van der Waals surface area (Å²) in [6.45, 7) is 4.10. The Balaban J connectivity index is 1.46. The first-order chi connectivity index (χ1) is 16.3. The highest BCUT2D eigenvalue weighted by Gasteiger charge is 2.36. The van der Waals surface area contributed by atoms with E-state index in [1.165, 1.54) is 24.5 Å². The van der Waals surface area contributed by atoms with Crippen molar-refractivity contribution in [1.29, 1.82) is 0 Å². The first kappa shape index (κ1) is 24.0. The van der Waals surface area contributed by atoms with E-state index in [2.05, 4.69) is 25.0 Å². The molecule has 3 aromatic rings. The van der Waals surface area contributed by atoms with Gasteiger partial charge in [-0.15, -0.1) is 11.3 Å². The number of halogens is 1. The highest BCUT2D eigenvalue weighted by atomic mass is 32.2. The molecule has 1 aliphatic rings. The molecule has 1 aromatic carbocycles. The van der Waals surface area contributed by atoms with Gasteiger partial charge in [0, 0.05) is 10.9 Å². The van der Waals surface area contributed by atoms with Gasteiger partial charge in [0.15, 0.2) is 5.13 Å². The van der Waals surface area contributed by atoms with Crippen LogP contribution in [-0.4, -0.2) is 41.1 Å². The number of aromatic nitrogens is 3. The maximum atomic E-state index is 14.8. The molecular formula is C22H24FN5O4S2. The molecule has 34 heavy (non-hydrogen) atoms. The Bertz CT molecular complexity index is 1290. The van der Waals surface area contributed by atoms with Crippen LogP contribution in [-0.2, 0) is 10.0 Å². The van der Waals surface area contributed by atoms with Gasteiger partial charge in [-0.2, -0.15) is 0 Å². The van der Waals surface area contributed by atoms with Gasteiger partial charge in [0.1, 0.15) is 5.82 Å². The summed E-state index contributed by atoms with van der Waals surface area (Å²) in [5, 5.41) is 4.35. The van der Waals surface area contributed by atoms with Crippen molar-refractivity contribution in [3.8, 4) is 17.1 Å². The molecule has 1 saturated carbocycles. The topological polar surface area (TPSA) is 123 Å². The zero-order chi connectivity index (χ0) is 24.3. The third-order valence-corrected chi connectivity index (χ3v) is 7.93. The maximum Gasteiger partial charge on any atom is 0.254 e. The van der Waals surface area contributed by atoms with E-state index in [1.54, 1.807) is 11.4 Å². The summed E-state index contributed by atoms with van der Waals surface area (Å²) < 4.78 is 46.9. The number of thiazole rings is 1. The van der Waals surface area contributed by atoms with Gasteiger partial charge in [0.2, 0.25) is 15.9 Å². The lowest BCUT2D eigenvalue weighted by atomic mass is 10.1. The second-order valence-electron chi connectivity index (χ2n) is 7.73. The third-order valence-electron chi connectivity index (χ3n) is 5.20. The first-order valence-corrected chi connectivity index (χ1v) is 13.3. The summed E-state index contributed by atoms with van der Waals surface area (Å²) in [7, 11) is -3.42. The molecule has 0 radical (unpaired) electrons. The van der Waals surface area contributed by atoms with Gasteiger partial charge in [0.25, 0.3) is 5.91 Å². The molecule has 2 N–H and O–H groups in total. The number of hydrogen-bond donors (Lipinski definition) is 2. The Morgan fingerprint density at radius 1 is 1.26 bits per heavy atom. The predicted molar refractivity (Wildman–Crippen MR) is 127 cm³/mol. The second kappa shape index (κ2) is 10.0. The van der Waals surface area contributed by atoms with Gasteiger partial charge in [0.05, 0.1) is 47.2 Å². The van der Waals surface area contributed by atoms with Crippen LogP contribution in [0.1, 0.15) is 55.2 Å². The van der Waals surface area contributed by atoms with E-state index in [9.17, 15) is 17.6 Å². The lowest BCUT2D eigenvalue weighted by Crippen LogP contribution is -2.29. The lowest BCUT2D eigenvalue weighted by Gasteiger charge is -2.15. The molecular weight excluding hydrogens is 481 g/mol. The van der Waals surface area contributed by atoms with Crippen molar-refractivity contribution in [3.05, 3.63) is 53.0 Å². The van der Waals surface area contributed by atoms with Crippen molar-refractivity contribution in [3.63, 3.8) is 0 Å². The zero-order valence-electron chi connectivity index (χ0n) is 18.6. The van der Waals surface area contributed by atoms with Crippen LogP contribution in [0, 0.1) is 5.82 Å². The molecule has 9 nitrogen and oxygen atoms in total. The molecule has 0 saturated heterocycles. The van der Waals surface area contributed by atoms with E-state index >= 15 is 0 Å². The van der Waals surface area contributed by atoms with E-state index in [0.29, 0.717) is 48.7 Å². The van der Waals surface area contributed by atoms with Gasteiger partial charge in [-0.3, -0.25) is 14.5 Å². The van der Waals surface area contributed by atoms with Crippen LogP contribution in [0.5, 0.6) is 5.88 Å². The highest BCUT2D eigenvalue weighted by Crippen LogP contribution is 2.31. The van der Waals surface area contributed by atoms with Crippen molar-refractivity contribution in [2.75, 3.05) is 11.3 Å². The van der Waals surface area contributed by atoms with Crippen LogP contribution >= 0.6 is 11.3 Å². The molecule has 1 aliphatic carbocycles. The molecule has 180 valence electrons. The van der Waals surface area contributed by atoms with Crippen molar-refractivity contribution in [2.24, 2.45) is 0 Å². The average Bonchev–Trinajstić information content (AvgIpc) is 3.59. The monoisotopic (exact) mass is 505 g/mol. The van der Waals surface area contributed by atoms with Crippen molar-refractivity contribution >= 4 is 32.4 Å². The summed E-state index contributed by atoms with van der Waals surface area (Å²) in [5.41, 5.74) is 1.27. The Labute approximate surface area is 200 Å². The lowest BCUT2D eigenvalue weighted by molar-refractivity contribution is 0.0930. The minimum Gasteiger partial charge on any atom is -0.477 e. The molecule has 12 heteroatoms. The smallest absolute Gasteiger partial charge is 0.254 e. The number of carbonyl (C=O) groups excluding carboxylic acids is 1. The number of nitrogens with zero attached hydrogens (tertiary/aromatic N) is 3. The Hall–Kier alpha value is -3.12. The first-order valence-electron chi connectivity index (χ1n) is 10.8. The SMILES string of the molecule is CCOc1cncc(-c2ccc(C(=O)NC(CC)c3csc(NS(=O)(=O)C4CC4)n3)c(F)c2)n1. The van der Waals surface area contributed by atoms with Crippen LogP contribution in [0.4, 0.5) is 9.52 Å². The molecule has 0 bridgehead atoms. The van der Waals surface area contributed by atoms with Crippen LogP contribution in [0.15, 0.2) is 36.0 Å². The van der Waals surface area contributed by atoms with E-state index in [0.717, 1.165) is 11.3 Å². The average molecular weight is 506 g/mol. The number of amides is 1. The summed E-state index contributed by atoms with van der Waals surface area (Å²) in [4.78, 5) is 25.4. The molecule has 0 spiro atoms. The van der Waals surface area contributed by atoms with Crippen molar-refractivity contribution in [1.82, 2.24) is 20.3 Å². The van der Waals surface area contributed by atoms with Crippen molar-refractivity contribution < 1.29 is 22.3 Å². The number of anilines is 1. The van der Waals surface area contributed by atoms with Crippen LogP contribution in [0.2, 0.25) is 0 Å². The third kappa shape index (κ3) is 5.50. The molecule has 1 amide bonds. The Kier molecular flexibility index (Phi) is 7.08. The minimum atomic E-state index is -3.42. The second-order valence-corrected chi connectivity index (χ2v) is 10.5. The number of rotatable bonds is 10. The summed E-state index contributed by atoms with van der Waals surface area (Å²) in [6.07, 6.45) is 4.74. The fourth-order valence-corrected chi connectivity index (χ4v) is 5.62. The summed E-state index contributed by atoms with van der Waals surface area (Å²) >= 11 is 1.15. The van der Waals surface area contributed by atoms with Crippen molar-refractivity contribution in [2.45, 2.75) is 44.4 Å². The molecule has 1 atom stereocenters. The van der Waals surface area contributed by atoms with Gasteiger partial charge in [-0.1, -0.05) is 13.0 Å². The molecule has 4 rings (SSSR count). The number of sulfonamides is 1. The van der Waals surface area contributed by atoms with E-state index < -0.39 is 27.8 Å². The molecule has 2 heterocycles. The predicted octanol–water partition coefficient (Wildman–Crippen LogP) is 3.92. The van der Waals surface area contributed by atoms with Crippen LogP contribution in [0.25, 0.3) is 11.3 Å². The van der Waals surface area contributed by atoms with E-state index in [4.69, 9.17) is 4.74 Å². The van der Waals surface area contributed by atoms with Gasteiger partial charge >= 0.3 is 0 Å². The largest absolute Gasteiger partial charge is 0.477 e. The molecule has 0 aliphatic heterocycles. The van der Waals surface area contributed by atoms with E-state index in [-0.39, 0.29) is 15.9 Å². The van der Waals surface area contributed by atoms with Crippen LogP contribution in [0.3, 0.4) is 0 Å². The number of ether oxygens (including phenoxy) is 1. The molecule has 1 unspecified atom stereocenters. The standard InChI is InChI=1S/C22H24FN5O4S2/c1-3-17(19-12-33-22(27-19)28-34(30,31)14-6-7-14)26-21(29)15-8-5-13(9-16(15)23)18-10-24-11-20(25-18)32-4-2/h5,8-12,14,17H,3-4,6-7H2,1-2H3,(H,26,29)(H,27,28). The fourth-order valence-electron chi connectivity index (χ4n) is 3.26. The van der Waals surface area contributed by atoms with Gasteiger partial charge < -0.3 is 10.1 Å². The minimum absolute atomic E-state index is 0.124. The molecule has 1 fully saturated rings. The number of nitrogens with one attached hydrogen (secondary N) is 2. The zero-order valence-corrected chi connectivity index (χ0v) is 20.2. The van der Waals surface area contributed by atoms with Crippen LogP contribution < -0.4 is 14.8 Å². The number of carbonyl (C=O) groups is 1. The number of hydrogen-bond acceptors (Lipinski definition) is 8. The quantitative estimate of drug-likeness (QED) is 0.428. The Morgan fingerprint density at radius 2 is 2.06 bits per heavy atom. The highest BCUT2D eigenvalue weighted by molar-refractivity contribution is 7.93. The summed E-state index contributed by atoms with van der Waals surface area (Å²) in [5.74, 6) is -0.974. The van der Waals surface area contributed by atoms with Gasteiger partial charge in [-0.05, 0) is 38.3 Å². The molecule has 2 aromatic heterocycles.